The second-order valence-electron chi connectivity index (χ2n) is 2.85. The quantitative estimate of drug-likeness (QED) is 0.527. The minimum absolute atomic E-state index is 0.0475. The highest BCUT2D eigenvalue weighted by Crippen LogP contribution is 2.31. The Kier molecular flexibility index (Phi) is 2.95. The first-order chi connectivity index (χ1) is 6.60. The Bertz CT molecular complexity index is 336. The summed E-state index contributed by atoms with van der Waals surface area (Å²) in [7, 11) is 0. The Morgan fingerprint density at radius 2 is 1.53 bits per heavy atom. The van der Waals surface area contributed by atoms with Gasteiger partial charge in [-0.05, 0) is 6.07 Å². The predicted octanol–water partition coefficient (Wildman–Crippen LogP) is 3.41. The van der Waals surface area contributed by atoms with Crippen molar-refractivity contribution in [3.8, 4) is 0 Å². The fourth-order valence-electron chi connectivity index (χ4n) is 0.965. The van der Waals surface area contributed by atoms with E-state index in [2.05, 4.69) is 0 Å². The third-order valence-corrected chi connectivity index (χ3v) is 1.84. The maximum atomic E-state index is 12.2. The monoisotopic (exact) mass is 247 g/mol. The van der Waals surface area contributed by atoms with Gasteiger partial charge in [0.15, 0.2) is 0 Å². The van der Waals surface area contributed by atoms with Crippen molar-refractivity contribution in [2.45, 2.75) is 6.18 Å². The average Bonchev–Trinajstić information content (AvgIpc) is 1.99. The van der Waals surface area contributed by atoms with Crippen LogP contribution >= 0.6 is 11.6 Å². The van der Waals surface area contributed by atoms with Crippen LogP contribution in [0.3, 0.4) is 0 Å². The van der Waals surface area contributed by atoms with Crippen molar-refractivity contribution in [3.05, 3.63) is 28.8 Å². The highest BCUT2D eigenvalue weighted by atomic mass is 35.5. The fraction of sp³-hybridized carbons (Fsp3) is 0.143. The van der Waals surface area contributed by atoms with Crippen molar-refractivity contribution < 1.29 is 26.1 Å². The third kappa shape index (κ3) is 3.05. The SMILES string of the molecule is F[B-](F)(F)c1cc(Cl)cc(C(F)(F)F)c1. The molecule has 0 spiro atoms. The molecule has 1 rings (SSSR count). The fourth-order valence-corrected chi connectivity index (χ4v) is 1.21. The molecule has 0 saturated carbocycles. The van der Waals surface area contributed by atoms with E-state index in [1.165, 1.54) is 0 Å². The lowest BCUT2D eigenvalue weighted by atomic mass is 9.79. The maximum Gasteiger partial charge on any atom is 0.509 e. The van der Waals surface area contributed by atoms with Crippen molar-refractivity contribution in [2.24, 2.45) is 0 Å². The zero-order valence-corrected chi connectivity index (χ0v) is 7.71. The van der Waals surface area contributed by atoms with Gasteiger partial charge in [-0.25, -0.2) is 0 Å². The van der Waals surface area contributed by atoms with E-state index >= 15 is 0 Å². The molecule has 1 aromatic carbocycles. The lowest BCUT2D eigenvalue weighted by molar-refractivity contribution is -0.137. The number of rotatable bonds is 1. The molecular formula is C7H3BClF6-. The first-order valence-corrected chi connectivity index (χ1v) is 4.06. The molecule has 0 aliphatic heterocycles. The highest BCUT2D eigenvalue weighted by molar-refractivity contribution is 6.73. The van der Waals surface area contributed by atoms with E-state index in [0.29, 0.717) is 12.1 Å². The van der Waals surface area contributed by atoms with E-state index in [1.807, 2.05) is 0 Å². The van der Waals surface area contributed by atoms with Gasteiger partial charge in [0.1, 0.15) is 0 Å². The van der Waals surface area contributed by atoms with E-state index in [1.54, 1.807) is 0 Å². The Hall–Kier alpha value is -0.845. The van der Waals surface area contributed by atoms with E-state index in [0.717, 1.165) is 0 Å². The van der Waals surface area contributed by atoms with Gasteiger partial charge in [-0.1, -0.05) is 23.7 Å². The number of hydrogen-bond donors (Lipinski definition) is 0. The molecule has 0 unspecified atom stereocenters. The lowest BCUT2D eigenvalue weighted by Gasteiger charge is -2.17. The van der Waals surface area contributed by atoms with Crippen LogP contribution < -0.4 is 5.46 Å². The summed E-state index contributed by atoms with van der Waals surface area (Å²) in [6, 6.07) is 0.968. The van der Waals surface area contributed by atoms with E-state index in [4.69, 9.17) is 11.6 Å². The standard InChI is InChI=1S/C7H3BClF6/c9-6-2-4(7(10,11)12)1-5(3-6)8(13,14)15/h1-3H/q-1. The molecule has 0 aliphatic carbocycles. The normalized spacial score (nSPS) is 13.0. The van der Waals surface area contributed by atoms with Crippen LogP contribution in [0.15, 0.2) is 18.2 Å². The molecule has 0 bridgehead atoms. The summed E-state index contributed by atoms with van der Waals surface area (Å²) in [5.74, 6) is 0. The molecule has 0 aromatic heterocycles. The van der Waals surface area contributed by atoms with Gasteiger partial charge in [0, 0.05) is 5.02 Å². The molecule has 1 aromatic rings. The Balaban J connectivity index is 3.30. The summed E-state index contributed by atoms with van der Waals surface area (Å²) in [6.07, 6.45) is -4.83. The molecule has 0 radical (unpaired) electrons. The summed E-state index contributed by atoms with van der Waals surface area (Å²) in [5, 5.41) is -0.584. The molecule has 84 valence electrons. The van der Waals surface area contributed by atoms with Gasteiger partial charge in [0.25, 0.3) is 0 Å². The zero-order chi connectivity index (χ0) is 11.9. The summed E-state index contributed by atoms with van der Waals surface area (Å²) < 4.78 is 72.9. The van der Waals surface area contributed by atoms with Crippen molar-refractivity contribution in [3.63, 3.8) is 0 Å². The van der Waals surface area contributed by atoms with Gasteiger partial charge >= 0.3 is 13.2 Å². The molecule has 0 fully saturated rings. The van der Waals surface area contributed by atoms with Crippen LogP contribution in [0.2, 0.25) is 5.02 Å². The van der Waals surface area contributed by atoms with Crippen LogP contribution in [0.1, 0.15) is 5.56 Å². The molecule has 0 heterocycles. The van der Waals surface area contributed by atoms with Gasteiger partial charge in [-0.3, -0.25) is 0 Å². The molecule has 15 heavy (non-hydrogen) atoms. The summed E-state index contributed by atoms with van der Waals surface area (Å²) in [5.41, 5.74) is -2.75. The van der Waals surface area contributed by atoms with Crippen molar-refractivity contribution in [2.75, 3.05) is 0 Å². The number of benzene rings is 1. The molecule has 0 aliphatic rings. The second kappa shape index (κ2) is 3.62. The van der Waals surface area contributed by atoms with E-state index < -0.39 is 29.2 Å². The topological polar surface area (TPSA) is 0 Å². The summed E-state index contributed by atoms with van der Waals surface area (Å²) in [6.45, 7) is -5.48. The predicted molar refractivity (Wildman–Crippen MR) is 45.2 cm³/mol. The lowest BCUT2D eigenvalue weighted by Crippen LogP contribution is -2.34. The largest absolute Gasteiger partial charge is 0.509 e. The van der Waals surface area contributed by atoms with Gasteiger partial charge in [0.2, 0.25) is 0 Å². The third-order valence-electron chi connectivity index (χ3n) is 1.63. The van der Waals surface area contributed by atoms with Crippen LogP contribution in [0.5, 0.6) is 0 Å². The van der Waals surface area contributed by atoms with Gasteiger partial charge in [-0.2, -0.15) is 13.2 Å². The zero-order valence-electron chi connectivity index (χ0n) is 6.96. The number of alkyl halides is 3. The Morgan fingerprint density at radius 3 is 1.93 bits per heavy atom. The first-order valence-electron chi connectivity index (χ1n) is 3.68. The van der Waals surface area contributed by atoms with Crippen LogP contribution in [-0.2, 0) is 6.18 Å². The van der Waals surface area contributed by atoms with Crippen molar-refractivity contribution >= 4 is 24.0 Å². The van der Waals surface area contributed by atoms with Crippen molar-refractivity contribution in [1.82, 2.24) is 0 Å². The van der Waals surface area contributed by atoms with Gasteiger partial charge in [-0.15, -0.1) is 5.46 Å². The summed E-state index contributed by atoms with van der Waals surface area (Å²) >= 11 is 5.17. The first kappa shape index (κ1) is 12.2. The molecular weight excluding hydrogens is 244 g/mol. The van der Waals surface area contributed by atoms with E-state index in [-0.39, 0.29) is 6.07 Å². The second-order valence-corrected chi connectivity index (χ2v) is 3.28. The van der Waals surface area contributed by atoms with Crippen LogP contribution in [0.4, 0.5) is 26.1 Å². The highest BCUT2D eigenvalue weighted by Gasteiger charge is 2.34. The van der Waals surface area contributed by atoms with Crippen LogP contribution in [-0.4, -0.2) is 6.98 Å². The van der Waals surface area contributed by atoms with Gasteiger partial charge in [0.05, 0.1) is 5.56 Å². The van der Waals surface area contributed by atoms with Gasteiger partial charge < -0.3 is 12.9 Å². The molecule has 0 N–H and O–H groups in total. The molecule has 0 amide bonds. The maximum absolute atomic E-state index is 12.2. The smallest absolute Gasteiger partial charge is 0.445 e. The van der Waals surface area contributed by atoms with Crippen LogP contribution in [0.25, 0.3) is 0 Å². The molecule has 0 saturated heterocycles. The Morgan fingerprint density at radius 1 is 1.00 bits per heavy atom. The molecule has 0 atom stereocenters. The number of halogens is 7. The minimum atomic E-state index is -5.48. The molecule has 8 heteroatoms. The van der Waals surface area contributed by atoms with E-state index in [9.17, 15) is 26.1 Å². The molecule has 0 nitrogen and oxygen atoms in total. The van der Waals surface area contributed by atoms with Crippen molar-refractivity contribution in [1.29, 1.82) is 0 Å². The minimum Gasteiger partial charge on any atom is -0.445 e. The average molecular weight is 247 g/mol. The summed E-state index contributed by atoms with van der Waals surface area (Å²) in [4.78, 5) is 0. The van der Waals surface area contributed by atoms with Crippen LogP contribution in [0, 0.1) is 0 Å². The number of hydrogen-bond acceptors (Lipinski definition) is 0. The Labute approximate surface area is 85.9 Å².